The van der Waals surface area contributed by atoms with E-state index in [0.29, 0.717) is 30.7 Å². The third-order valence-corrected chi connectivity index (χ3v) is 4.43. The van der Waals surface area contributed by atoms with E-state index in [9.17, 15) is 13.2 Å². The maximum atomic E-state index is 12.7. The first-order valence-corrected chi connectivity index (χ1v) is 7.41. The first-order chi connectivity index (χ1) is 9.93. The van der Waals surface area contributed by atoms with Crippen molar-refractivity contribution in [3.63, 3.8) is 0 Å². The van der Waals surface area contributed by atoms with E-state index in [1.807, 2.05) is 0 Å². The van der Waals surface area contributed by atoms with Gasteiger partial charge in [-0.05, 0) is 25.7 Å². The summed E-state index contributed by atoms with van der Waals surface area (Å²) in [5.74, 6) is 0.900. The predicted octanol–water partition coefficient (Wildman–Crippen LogP) is 2.23. The van der Waals surface area contributed by atoms with Crippen molar-refractivity contribution in [2.24, 2.45) is 5.92 Å². The molecule has 118 valence electrons. The molecule has 2 aliphatic heterocycles. The van der Waals surface area contributed by atoms with E-state index in [1.54, 1.807) is 4.57 Å². The Labute approximate surface area is 121 Å². The van der Waals surface area contributed by atoms with Crippen LogP contribution in [-0.4, -0.2) is 34.8 Å². The van der Waals surface area contributed by atoms with Crippen LogP contribution >= 0.6 is 0 Å². The Morgan fingerprint density at radius 1 is 1.43 bits per heavy atom. The molecule has 21 heavy (non-hydrogen) atoms. The van der Waals surface area contributed by atoms with Gasteiger partial charge in [-0.25, -0.2) is 4.98 Å². The van der Waals surface area contributed by atoms with Crippen LogP contribution < -0.4 is 5.32 Å². The summed E-state index contributed by atoms with van der Waals surface area (Å²) in [7, 11) is 0. The maximum absolute atomic E-state index is 12.7. The van der Waals surface area contributed by atoms with Gasteiger partial charge in [0.2, 0.25) is 0 Å². The Balaban J connectivity index is 1.58. The third kappa shape index (κ3) is 3.23. The average molecular weight is 303 g/mol. The summed E-state index contributed by atoms with van der Waals surface area (Å²) >= 11 is 0. The van der Waals surface area contributed by atoms with Gasteiger partial charge in [0.1, 0.15) is 5.82 Å². The highest BCUT2D eigenvalue weighted by atomic mass is 19.4. The van der Waals surface area contributed by atoms with E-state index < -0.39 is 11.9 Å². The monoisotopic (exact) mass is 303 g/mol. The second kappa shape index (κ2) is 5.61. The number of alkyl halides is 3. The number of nitrogens with zero attached hydrogens (tertiary/aromatic N) is 2. The molecule has 1 aromatic heterocycles. The van der Waals surface area contributed by atoms with Gasteiger partial charge >= 0.3 is 6.18 Å². The smallest absolute Gasteiger partial charge is 0.377 e. The van der Waals surface area contributed by atoms with Crippen LogP contribution in [0.4, 0.5) is 13.2 Å². The fraction of sp³-hybridized carbons (Fsp3) is 0.786. The molecule has 0 amide bonds. The van der Waals surface area contributed by atoms with Crippen molar-refractivity contribution in [3.8, 4) is 0 Å². The van der Waals surface area contributed by atoms with E-state index in [-0.39, 0.29) is 6.10 Å². The molecule has 1 fully saturated rings. The first-order valence-electron chi connectivity index (χ1n) is 7.41. The zero-order valence-corrected chi connectivity index (χ0v) is 12.0. The van der Waals surface area contributed by atoms with Crippen LogP contribution in [-0.2, 0) is 23.9 Å². The Bertz CT molecular complexity index is 500. The normalized spacial score (nSPS) is 29.6. The van der Waals surface area contributed by atoms with Crippen molar-refractivity contribution in [2.45, 2.75) is 51.1 Å². The summed E-state index contributed by atoms with van der Waals surface area (Å²) in [6.45, 7) is 4.25. The average Bonchev–Trinajstić information content (AvgIpc) is 3.01. The molecule has 3 heterocycles. The Morgan fingerprint density at radius 3 is 2.90 bits per heavy atom. The second-order valence-corrected chi connectivity index (χ2v) is 5.98. The molecule has 1 saturated heterocycles. The van der Waals surface area contributed by atoms with Crippen molar-refractivity contribution in [1.82, 2.24) is 14.9 Å². The fourth-order valence-corrected chi connectivity index (χ4v) is 3.14. The van der Waals surface area contributed by atoms with E-state index >= 15 is 0 Å². The number of imidazole rings is 1. The van der Waals surface area contributed by atoms with E-state index in [2.05, 4.69) is 17.2 Å². The van der Waals surface area contributed by atoms with Crippen LogP contribution in [0.5, 0.6) is 0 Å². The van der Waals surface area contributed by atoms with Gasteiger partial charge in [-0.2, -0.15) is 13.2 Å². The van der Waals surface area contributed by atoms with Gasteiger partial charge in [0, 0.05) is 38.4 Å². The van der Waals surface area contributed by atoms with Gasteiger partial charge in [0.25, 0.3) is 0 Å². The van der Waals surface area contributed by atoms with Crippen LogP contribution in [0.2, 0.25) is 0 Å². The zero-order chi connectivity index (χ0) is 15.0. The molecule has 0 saturated carbocycles. The first kappa shape index (κ1) is 14.8. The highest BCUT2D eigenvalue weighted by Crippen LogP contribution is 2.30. The number of aryl methyl sites for hydroxylation is 1. The summed E-state index contributed by atoms with van der Waals surface area (Å²) in [6, 6.07) is 0.361. The number of rotatable bonds is 3. The molecule has 1 N–H and O–H groups in total. The zero-order valence-electron chi connectivity index (χ0n) is 12.0. The quantitative estimate of drug-likeness (QED) is 0.931. The largest absolute Gasteiger partial charge is 0.434 e. The van der Waals surface area contributed by atoms with Crippen molar-refractivity contribution in [1.29, 1.82) is 0 Å². The van der Waals surface area contributed by atoms with Gasteiger partial charge in [-0.1, -0.05) is 0 Å². The molecule has 0 aliphatic carbocycles. The van der Waals surface area contributed by atoms with Crippen molar-refractivity contribution in [2.75, 3.05) is 13.2 Å². The predicted molar refractivity (Wildman–Crippen MR) is 70.9 cm³/mol. The standard InChI is InChI=1S/C14H20F3N3O/c1-9-11(4-5-21-9)18-6-10-2-3-13-19-12(14(15,16)17)8-20(13)7-10/h8-11,18H,2-7H2,1H3. The number of aromatic nitrogens is 2. The van der Waals surface area contributed by atoms with Gasteiger partial charge < -0.3 is 14.6 Å². The molecule has 3 unspecified atom stereocenters. The van der Waals surface area contributed by atoms with E-state index in [1.165, 1.54) is 0 Å². The van der Waals surface area contributed by atoms with Crippen LogP contribution in [0.1, 0.15) is 31.3 Å². The summed E-state index contributed by atoms with van der Waals surface area (Å²) in [5.41, 5.74) is -0.774. The molecule has 4 nitrogen and oxygen atoms in total. The van der Waals surface area contributed by atoms with E-state index in [4.69, 9.17) is 4.74 Å². The molecule has 3 atom stereocenters. The molecule has 2 aliphatic rings. The van der Waals surface area contributed by atoms with Crippen LogP contribution in [0.15, 0.2) is 6.20 Å². The molecule has 0 spiro atoms. The van der Waals surface area contributed by atoms with Crippen molar-refractivity contribution < 1.29 is 17.9 Å². The molecule has 7 heteroatoms. The van der Waals surface area contributed by atoms with Gasteiger partial charge in [-0.3, -0.25) is 0 Å². The number of fused-ring (bicyclic) bond motifs is 1. The number of halogens is 3. The molecule has 0 aromatic carbocycles. The number of hydrogen-bond acceptors (Lipinski definition) is 3. The number of ether oxygens (including phenoxy) is 1. The molecule has 1 aromatic rings. The minimum absolute atomic E-state index is 0.217. The lowest BCUT2D eigenvalue weighted by Gasteiger charge is -2.26. The second-order valence-electron chi connectivity index (χ2n) is 5.98. The summed E-state index contributed by atoms with van der Waals surface area (Å²) in [5, 5.41) is 3.49. The summed E-state index contributed by atoms with van der Waals surface area (Å²) in [4.78, 5) is 3.70. The Hall–Kier alpha value is -1.08. The maximum Gasteiger partial charge on any atom is 0.434 e. The van der Waals surface area contributed by atoms with E-state index in [0.717, 1.165) is 32.2 Å². The van der Waals surface area contributed by atoms with Crippen LogP contribution in [0.25, 0.3) is 0 Å². The van der Waals surface area contributed by atoms with Crippen LogP contribution in [0, 0.1) is 5.92 Å². The van der Waals surface area contributed by atoms with Crippen LogP contribution in [0.3, 0.4) is 0 Å². The van der Waals surface area contributed by atoms with Crippen molar-refractivity contribution in [3.05, 3.63) is 17.7 Å². The summed E-state index contributed by atoms with van der Waals surface area (Å²) < 4.78 is 45.2. The Morgan fingerprint density at radius 2 is 2.24 bits per heavy atom. The van der Waals surface area contributed by atoms with Gasteiger partial charge in [-0.15, -0.1) is 0 Å². The molecular weight excluding hydrogens is 283 g/mol. The lowest BCUT2D eigenvalue weighted by molar-refractivity contribution is -0.141. The van der Waals surface area contributed by atoms with Gasteiger partial charge in [0.05, 0.1) is 6.10 Å². The SMILES string of the molecule is CC1OCCC1NCC1CCc2nc(C(F)(F)F)cn2C1. The summed E-state index contributed by atoms with van der Waals surface area (Å²) in [6.07, 6.45) is -0.503. The molecule has 3 rings (SSSR count). The highest BCUT2D eigenvalue weighted by molar-refractivity contribution is 5.10. The molecule has 0 bridgehead atoms. The lowest BCUT2D eigenvalue weighted by atomic mass is 9.98. The fourth-order valence-electron chi connectivity index (χ4n) is 3.14. The number of nitrogens with one attached hydrogen (secondary N) is 1. The molecule has 0 radical (unpaired) electrons. The minimum Gasteiger partial charge on any atom is -0.377 e. The number of hydrogen-bond donors (Lipinski definition) is 1. The van der Waals surface area contributed by atoms with Gasteiger partial charge in [0.15, 0.2) is 5.69 Å². The lowest BCUT2D eigenvalue weighted by Crippen LogP contribution is -2.39. The topological polar surface area (TPSA) is 39.1 Å². The minimum atomic E-state index is -4.35. The highest BCUT2D eigenvalue weighted by Gasteiger charge is 2.36. The molecular formula is C14H20F3N3O. The van der Waals surface area contributed by atoms with Crippen molar-refractivity contribution >= 4 is 0 Å². The third-order valence-electron chi connectivity index (χ3n) is 4.43. The Kier molecular flexibility index (Phi) is 3.96.